The molecule has 2 unspecified atom stereocenters. The average Bonchev–Trinajstić information content (AvgIpc) is 2.78. The molecule has 0 aliphatic heterocycles. The average molecular weight is 538 g/mol. The molecule has 200 valence electrons. The van der Waals surface area contributed by atoms with Gasteiger partial charge in [0.15, 0.2) is 0 Å². The van der Waals surface area contributed by atoms with Gasteiger partial charge in [-0.15, -0.1) is 0 Å². The highest BCUT2D eigenvalue weighted by Crippen LogP contribution is 2.54. The highest BCUT2D eigenvalue weighted by Gasteiger charge is 2.67. The lowest BCUT2D eigenvalue weighted by Crippen LogP contribution is -2.51. The molecule has 0 fully saturated rings. The van der Waals surface area contributed by atoms with Gasteiger partial charge in [-0.1, -0.05) is 19.1 Å². The number of pyridine rings is 1. The Balaban J connectivity index is 2.11. The predicted molar refractivity (Wildman–Crippen MR) is 116 cm³/mol. The second-order valence-electron chi connectivity index (χ2n) is 8.14. The Morgan fingerprint density at radius 1 is 1.03 bits per heavy atom. The Kier molecular flexibility index (Phi) is 7.66. The molecule has 1 N–H and O–H groups in total. The standard InChI is InChI=1S/C24H19F9N2O2/c1-3-22(27,24(31,32)33)19(23(28,29)30)15-9-12(2)18(17(11-15)37-21(25)26)35-20(36)14-6-7-16-13(10-14)5-4-8-34-16/h4-11,19,21H,3H2,1-2H3,(H,35,36). The second kappa shape index (κ2) is 10.1. The Labute approximate surface area is 204 Å². The first-order valence-electron chi connectivity index (χ1n) is 10.7. The summed E-state index contributed by atoms with van der Waals surface area (Å²) in [5.41, 5.74) is -6.38. The zero-order valence-corrected chi connectivity index (χ0v) is 19.1. The van der Waals surface area contributed by atoms with E-state index in [-0.39, 0.29) is 17.2 Å². The summed E-state index contributed by atoms with van der Waals surface area (Å²) in [6.07, 6.45) is -11.8. The van der Waals surface area contributed by atoms with Crippen LogP contribution in [0.5, 0.6) is 5.75 Å². The van der Waals surface area contributed by atoms with Crippen molar-refractivity contribution in [2.75, 3.05) is 5.32 Å². The number of hydrogen-bond acceptors (Lipinski definition) is 3. The number of halogens is 9. The lowest BCUT2D eigenvalue weighted by molar-refractivity contribution is -0.281. The molecule has 0 spiro atoms. The van der Waals surface area contributed by atoms with Crippen LogP contribution in [0.1, 0.15) is 40.7 Å². The number of alkyl halides is 9. The summed E-state index contributed by atoms with van der Waals surface area (Å²) in [5, 5.41) is 2.78. The van der Waals surface area contributed by atoms with Crippen molar-refractivity contribution in [3.05, 3.63) is 65.4 Å². The van der Waals surface area contributed by atoms with Gasteiger partial charge in [-0.25, -0.2) is 4.39 Å². The molecule has 0 bridgehead atoms. The third-order valence-corrected chi connectivity index (χ3v) is 5.75. The molecule has 4 nitrogen and oxygen atoms in total. The van der Waals surface area contributed by atoms with Gasteiger partial charge in [0.1, 0.15) is 11.7 Å². The van der Waals surface area contributed by atoms with E-state index in [0.29, 0.717) is 23.9 Å². The van der Waals surface area contributed by atoms with Gasteiger partial charge in [0.05, 0.1) is 11.2 Å². The summed E-state index contributed by atoms with van der Waals surface area (Å²) >= 11 is 0. The van der Waals surface area contributed by atoms with Crippen molar-refractivity contribution < 1.29 is 49.0 Å². The normalized spacial score (nSPS) is 14.9. The van der Waals surface area contributed by atoms with E-state index in [9.17, 15) is 44.3 Å². The van der Waals surface area contributed by atoms with Gasteiger partial charge in [0, 0.05) is 17.1 Å². The van der Waals surface area contributed by atoms with E-state index in [1.807, 2.05) is 0 Å². The molecule has 3 rings (SSSR count). The number of carbonyl (C=O) groups excluding carboxylic acids is 1. The second-order valence-corrected chi connectivity index (χ2v) is 8.14. The number of ether oxygens (including phenoxy) is 1. The van der Waals surface area contributed by atoms with Crippen molar-refractivity contribution >= 4 is 22.5 Å². The van der Waals surface area contributed by atoms with Crippen molar-refractivity contribution in [3.8, 4) is 5.75 Å². The highest BCUT2D eigenvalue weighted by molar-refractivity contribution is 6.07. The van der Waals surface area contributed by atoms with Gasteiger partial charge < -0.3 is 10.1 Å². The van der Waals surface area contributed by atoms with E-state index in [1.54, 1.807) is 12.1 Å². The molecule has 0 radical (unpaired) electrons. The third-order valence-electron chi connectivity index (χ3n) is 5.75. The number of nitrogens with zero attached hydrogens (tertiary/aromatic N) is 1. The van der Waals surface area contributed by atoms with E-state index in [4.69, 9.17) is 0 Å². The largest absolute Gasteiger partial charge is 0.433 e. The first-order valence-corrected chi connectivity index (χ1v) is 10.7. The lowest BCUT2D eigenvalue weighted by Gasteiger charge is -2.36. The van der Waals surface area contributed by atoms with E-state index < -0.39 is 59.9 Å². The van der Waals surface area contributed by atoms with Gasteiger partial charge in [-0.2, -0.15) is 35.1 Å². The van der Waals surface area contributed by atoms with Crippen LogP contribution in [0.25, 0.3) is 10.9 Å². The fourth-order valence-corrected chi connectivity index (χ4v) is 3.98. The molecule has 13 heteroatoms. The fraction of sp³-hybridized carbons (Fsp3) is 0.333. The predicted octanol–water partition coefficient (Wildman–Crippen LogP) is 7.72. The third kappa shape index (κ3) is 5.75. The van der Waals surface area contributed by atoms with Gasteiger partial charge in [0.2, 0.25) is 5.67 Å². The van der Waals surface area contributed by atoms with E-state index in [0.717, 1.165) is 6.92 Å². The summed E-state index contributed by atoms with van der Waals surface area (Å²) in [4.78, 5) is 16.9. The van der Waals surface area contributed by atoms with Crippen molar-refractivity contribution in [1.82, 2.24) is 4.98 Å². The van der Waals surface area contributed by atoms with Crippen LogP contribution in [-0.2, 0) is 0 Å². The molecule has 37 heavy (non-hydrogen) atoms. The summed E-state index contributed by atoms with van der Waals surface area (Å²) in [6.45, 7) is -1.98. The SMILES string of the molecule is CCC(F)(C(c1cc(C)c(NC(=O)c2ccc3ncccc3c2)c(OC(F)F)c1)C(F)(F)F)C(F)(F)F. The Morgan fingerprint density at radius 3 is 2.27 bits per heavy atom. The van der Waals surface area contributed by atoms with Crippen LogP contribution in [0.4, 0.5) is 45.2 Å². The van der Waals surface area contributed by atoms with Crippen LogP contribution >= 0.6 is 0 Å². The minimum Gasteiger partial charge on any atom is -0.433 e. The first kappa shape index (κ1) is 28.1. The van der Waals surface area contributed by atoms with Crippen molar-refractivity contribution in [3.63, 3.8) is 0 Å². The molecule has 2 aromatic carbocycles. The number of carbonyl (C=O) groups is 1. The number of anilines is 1. The van der Waals surface area contributed by atoms with E-state index in [1.165, 1.54) is 24.4 Å². The zero-order valence-electron chi connectivity index (χ0n) is 19.1. The Bertz CT molecular complexity index is 1290. The lowest BCUT2D eigenvalue weighted by atomic mass is 9.79. The number of rotatable bonds is 7. The highest BCUT2D eigenvalue weighted by atomic mass is 19.4. The molecule has 0 aliphatic rings. The smallest absolute Gasteiger partial charge is 0.423 e. The molecule has 0 saturated heterocycles. The van der Waals surface area contributed by atoms with Crippen LogP contribution < -0.4 is 10.1 Å². The van der Waals surface area contributed by atoms with Crippen LogP contribution in [0.3, 0.4) is 0 Å². The van der Waals surface area contributed by atoms with E-state index in [2.05, 4.69) is 15.0 Å². The topological polar surface area (TPSA) is 51.2 Å². The number of aromatic nitrogens is 1. The van der Waals surface area contributed by atoms with Gasteiger partial charge >= 0.3 is 19.0 Å². The number of benzene rings is 2. The molecule has 1 aromatic heterocycles. The summed E-state index contributed by atoms with van der Waals surface area (Å²) in [5.74, 6) is -5.69. The summed E-state index contributed by atoms with van der Waals surface area (Å²) in [7, 11) is 0. The van der Waals surface area contributed by atoms with Crippen LogP contribution in [0.15, 0.2) is 48.7 Å². The van der Waals surface area contributed by atoms with Crippen LogP contribution in [0, 0.1) is 6.92 Å². The minimum absolute atomic E-state index is 0.0194. The molecule has 2 atom stereocenters. The van der Waals surface area contributed by atoms with Gasteiger partial charge in [-0.05, 0) is 54.8 Å². The zero-order chi connectivity index (χ0) is 27.8. The number of amides is 1. The Hall–Kier alpha value is -3.51. The molecule has 1 amide bonds. The van der Waals surface area contributed by atoms with Crippen LogP contribution in [-0.4, -0.2) is 35.5 Å². The first-order chi connectivity index (χ1) is 17.1. The molecule has 0 saturated carbocycles. The van der Waals surface area contributed by atoms with E-state index >= 15 is 0 Å². The maximum atomic E-state index is 15.0. The quantitative estimate of drug-likeness (QED) is 0.314. The molecule has 3 aromatic rings. The maximum Gasteiger partial charge on any atom is 0.423 e. The van der Waals surface area contributed by atoms with Gasteiger partial charge in [-0.3, -0.25) is 9.78 Å². The van der Waals surface area contributed by atoms with Crippen molar-refractivity contribution in [2.24, 2.45) is 0 Å². The van der Waals surface area contributed by atoms with Crippen LogP contribution in [0.2, 0.25) is 0 Å². The minimum atomic E-state index is -5.93. The number of aryl methyl sites for hydroxylation is 1. The molecule has 1 heterocycles. The summed E-state index contributed by atoms with van der Waals surface area (Å²) < 4.78 is 127. The number of fused-ring (bicyclic) bond motifs is 1. The maximum absolute atomic E-state index is 15.0. The monoisotopic (exact) mass is 538 g/mol. The molecule has 0 aliphatic carbocycles. The number of hydrogen-bond donors (Lipinski definition) is 1. The molecular weight excluding hydrogens is 519 g/mol. The summed E-state index contributed by atoms with van der Waals surface area (Å²) in [6, 6.07) is 8.27. The number of nitrogens with one attached hydrogen (secondary N) is 1. The van der Waals surface area contributed by atoms with Gasteiger partial charge in [0.25, 0.3) is 5.91 Å². The molecular formula is C24H19F9N2O2. The van der Waals surface area contributed by atoms with Crippen molar-refractivity contribution in [1.29, 1.82) is 0 Å². The van der Waals surface area contributed by atoms with Crippen molar-refractivity contribution in [2.45, 2.75) is 50.8 Å². The fourth-order valence-electron chi connectivity index (χ4n) is 3.98. The Morgan fingerprint density at radius 2 is 1.70 bits per heavy atom.